The molecular formula is C11H21N3O2. The predicted octanol–water partition coefficient (Wildman–Crippen LogP) is 0.124. The maximum absolute atomic E-state index is 11.7. The van der Waals surface area contributed by atoms with Gasteiger partial charge in [0, 0.05) is 26.2 Å². The largest absolute Gasteiger partial charge is 0.378 e. The van der Waals surface area contributed by atoms with Crippen LogP contribution in [0.4, 0.5) is 4.79 Å². The number of ether oxygens (including phenoxy) is 1. The summed E-state index contributed by atoms with van der Waals surface area (Å²) in [5, 5.41) is 2.97. The van der Waals surface area contributed by atoms with Gasteiger partial charge < -0.3 is 19.9 Å². The van der Waals surface area contributed by atoms with Crippen molar-refractivity contribution >= 4 is 6.03 Å². The van der Waals surface area contributed by atoms with Crippen LogP contribution in [0.1, 0.15) is 12.8 Å². The number of hydrogen-bond donors (Lipinski definition) is 1. The van der Waals surface area contributed by atoms with Crippen LogP contribution in [0.5, 0.6) is 0 Å². The maximum Gasteiger partial charge on any atom is 0.317 e. The normalized spacial score (nSPS) is 22.4. The standard InChI is InChI=1S/C11H21N3O2/c15-11(14-7-9-16-10-8-14)12-3-6-13-4-1-2-5-13/h1-10H2,(H,12,15). The lowest BCUT2D eigenvalue weighted by atomic mass is 10.4. The van der Waals surface area contributed by atoms with Gasteiger partial charge in [0.1, 0.15) is 0 Å². The number of urea groups is 1. The van der Waals surface area contributed by atoms with Gasteiger partial charge in [0.05, 0.1) is 13.2 Å². The molecule has 0 aromatic rings. The minimum absolute atomic E-state index is 0.0579. The fourth-order valence-electron chi connectivity index (χ4n) is 2.21. The van der Waals surface area contributed by atoms with E-state index in [-0.39, 0.29) is 6.03 Å². The van der Waals surface area contributed by atoms with Gasteiger partial charge in [-0.3, -0.25) is 0 Å². The number of hydrogen-bond acceptors (Lipinski definition) is 3. The number of likely N-dealkylation sites (tertiary alicyclic amines) is 1. The molecule has 0 bridgehead atoms. The van der Waals surface area contributed by atoms with E-state index in [1.807, 2.05) is 4.90 Å². The molecule has 5 heteroatoms. The summed E-state index contributed by atoms with van der Waals surface area (Å²) in [5.74, 6) is 0. The molecule has 2 rings (SSSR count). The van der Waals surface area contributed by atoms with E-state index in [0.29, 0.717) is 13.2 Å². The first kappa shape index (κ1) is 11.7. The Morgan fingerprint density at radius 3 is 2.50 bits per heavy atom. The first-order valence-electron chi connectivity index (χ1n) is 6.19. The van der Waals surface area contributed by atoms with Crippen LogP contribution in [-0.2, 0) is 4.74 Å². The number of morpholine rings is 1. The summed E-state index contributed by atoms with van der Waals surface area (Å²) < 4.78 is 5.21. The highest BCUT2D eigenvalue weighted by atomic mass is 16.5. The van der Waals surface area contributed by atoms with E-state index in [0.717, 1.165) is 26.2 Å². The number of nitrogens with one attached hydrogen (secondary N) is 1. The highest BCUT2D eigenvalue weighted by Crippen LogP contribution is 2.05. The Morgan fingerprint density at radius 1 is 1.12 bits per heavy atom. The van der Waals surface area contributed by atoms with E-state index in [4.69, 9.17) is 4.74 Å². The lowest BCUT2D eigenvalue weighted by molar-refractivity contribution is 0.0531. The molecule has 1 N–H and O–H groups in total. The molecule has 0 atom stereocenters. The van der Waals surface area contributed by atoms with Crippen LogP contribution in [-0.4, -0.2) is 68.3 Å². The zero-order valence-corrected chi connectivity index (χ0v) is 9.78. The minimum Gasteiger partial charge on any atom is -0.378 e. The molecule has 0 saturated carbocycles. The summed E-state index contributed by atoms with van der Waals surface area (Å²) in [5.41, 5.74) is 0. The Hall–Kier alpha value is -0.810. The van der Waals surface area contributed by atoms with E-state index in [1.165, 1.54) is 25.9 Å². The highest BCUT2D eigenvalue weighted by Gasteiger charge is 2.16. The zero-order chi connectivity index (χ0) is 11.2. The van der Waals surface area contributed by atoms with Crippen LogP contribution in [0.25, 0.3) is 0 Å². The summed E-state index contributed by atoms with van der Waals surface area (Å²) in [7, 11) is 0. The van der Waals surface area contributed by atoms with Crippen molar-refractivity contribution in [3.05, 3.63) is 0 Å². The Bertz CT molecular complexity index is 223. The van der Waals surface area contributed by atoms with Crippen LogP contribution in [0.3, 0.4) is 0 Å². The van der Waals surface area contributed by atoms with E-state index in [1.54, 1.807) is 0 Å². The maximum atomic E-state index is 11.7. The Morgan fingerprint density at radius 2 is 1.81 bits per heavy atom. The van der Waals surface area contributed by atoms with Gasteiger partial charge in [0.15, 0.2) is 0 Å². The number of carbonyl (C=O) groups is 1. The predicted molar refractivity (Wildman–Crippen MR) is 61.5 cm³/mol. The highest BCUT2D eigenvalue weighted by molar-refractivity contribution is 5.74. The van der Waals surface area contributed by atoms with Gasteiger partial charge in [-0.25, -0.2) is 4.79 Å². The Labute approximate surface area is 96.7 Å². The van der Waals surface area contributed by atoms with Crippen molar-refractivity contribution in [2.45, 2.75) is 12.8 Å². The number of nitrogens with zero attached hydrogens (tertiary/aromatic N) is 2. The average molecular weight is 227 g/mol. The van der Waals surface area contributed by atoms with Crippen molar-refractivity contribution in [2.75, 3.05) is 52.5 Å². The first-order valence-corrected chi connectivity index (χ1v) is 6.19. The molecule has 5 nitrogen and oxygen atoms in total. The monoisotopic (exact) mass is 227 g/mol. The molecule has 2 aliphatic rings. The summed E-state index contributed by atoms with van der Waals surface area (Å²) in [6.07, 6.45) is 2.61. The molecule has 0 unspecified atom stereocenters. The van der Waals surface area contributed by atoms with Gasteiger partial charge in [-0.05, 0) is 25.9 Å². The fourth-order valence-corrected chi connectivity index (χ4v) is 2.21. The van der Waals surface area contributed by atoms with Gasteiger partial charge in [-0.2, -0.15) is 0 Å². The van der Waals surface area contributed by atoms with Gasteiger partial charge in [0.2, 0.25) is 0 Å². The van der Waals surface area contributed by atoms with Crippen molar-refractivity contribution < 1.29 is 9.53 Å². The van der Waals surface area contributed by atoms with E-state index in [2.05, 4.69) is 10.2 Å². The molecule has 2 saturated heterocycles. The fraction of sp³-hybridized carbons (Fsp3) is 0.909. The van der Waals surface area contributed by atoms with Crippen LogP contribution >= 0.6 is 0 Å². The van der Waals surface area contributed by atoms with Gasteiger partial charge in [-0.1, -0.05) is 0 Å². The van der Waals surface area contributed by atoms with E-state index >= 15 is 0 Å². The third kappa shape index (κ3) is 3.35. The summed E-state index contributed by atoms with van der Waals surface area (Å²) >= 11 is 0. The molecule has 2 heterocycles. The molecule has 0 spiro atoms. The number of carbonyl (C=O) groups excluding carboxylic acids is 1. The van der Waals surface area contributed by atoms with Gasteiger partial charge >= 0.3 is 6.03 Å². The van der Waals surface area contributed by atoms with E-state index in [9.17, 15) is 4.79 Å². The van der Waals surface area contributed by atoms with Crippen LogP contribution in [0, 0.1) is 0 Å². The minimum atomic E-state index is 0.0579. The average Bonchev–Trinajstić information content (AvgIpc) is 2.83. The second-order valence-corrected chi connectivity index (χ2v) is 4.38. The van der Waals surface area contributed by atoms with Crippen molar-refractivity contribution in [1.29, 1.82) is 0 Å². The quantitative estimate of drug-likeness (QED) is 0.745. The smallest absolute Gasteiger partial charge is 0.317 e. The van der Waals surface area contributed by atoms with Crippen molar-refractivity contribution in [2.24, 2.45) is 0 Å². The van der Waals surface area contributed by atoms with E-state index < -0.39 is 0 Å². The molecule has 2 amide bonds. The topological polar surface area (TPSA) is 44.8 Å². The second kappa shape index (κ2) is 6.06. The lowest BCUT2D eigenvalue weighted by Gasteiger charge is -2.27. The summed E-state index contributed by atoms with van der Waals surface area (Å²) in [6, 6.07) is 0.0579. The van der Waals surface area contributed by atoms with Crippen LogP contribution in [0.2, 0.25) is 0 Å². The first-order chi connectivity index (χ1) is 7.86. The molecular weight excluding hydrogens is 206 g/mol. The van der Waals surface area contributed by atoms with Crippen LogP contribution in [0.15, 0.2) is 0 Å². The Balaban J connectivity index is 1.59. The summed E-state index contributed by atoms with van der Waals surface area (Å²) in [4.78, 5) is 15.9. The van der Waals surface area contributed by atoms with Gasteiger partial charge in [0.25, 0.3) is 0 Å². The lowest BCUT2D eigenvalue weighted by Crippen LogP contribution is -2.47. The van der Waals surface area contributed by atoms with Crippen molar-refractivity contribution in [3.63, 3.8) is 0 Å². The number of rotatable bonds is 3. The molecule has 2 fully saturated rings. The third-order valence-corrected chi connectivity index (χ3v) is 3.20. The van der Waals surface area contributed by atoms with Crippen molar-refractivity contribution in [3.8, 4) is 0 Å². The molecule has 92 valence electrons. The zero-order valence-electron chi connectivity index (χ0n) is 9.78. The molecule has 16 heavy (non-hydrogen) atoms. The second-order valence-electron chi connectivity index (χ2n) is 4.38. The molecule has 0 aromatic carbocycles. The Kier molecular flexibility index (Phi) is 4.42. The molecule has 0 aliphatic carbocycles. The summed E-state index contributed by atoms with van der Waals surface area (Å²) in [6.45, 7) is 6.89. The number of amides is 2. The molecule has 0 radical (unpaired) electrons. The SMILES string of the molecule is O=C(NCCN1CCCC1)N1CCOCC1. The molecule has 2 aliphatic heterocycles. The molecule has 0 aromatic heterocycles. The van der Waals surface area contributed by atoms with Crippen LogP contribution < -0.4 is 5.32 Å². The van der Waals surface area contributed by atoms with Crippen molar-refractivity contribution in [1.82, 2.24) is 15.1 Å². The third-order valence-electron chi connectivity index (χ3n) is 3.20. The van der Waals surface area contributed by atoms with Gasteiger partial charge in [-0.15, -0.1) is 0 Å².